The summed E-state index contributed by atoms with van der Waals surface area (Å²) in [7, 11) is 3.11. The molecule has 0 unspecified atom stereocenters. The Balaban J connectivity index is 1.91. The second-order valence-corrected chi connectivity index (χ2v) is 5.48. The number of rotatable bonds is 6. The van der Waals surface area contributed by atoms with Crippen LogP contribution in [0.25, 0.3) is 4.96 Å². The monoisotopic (exact) mass is 334 g/mol. The summed E-state index contributed by atoms with van der Waals surface area (Å²) in [6.07, 6.45) is 1.63. The van der Waals surface area contributed by atoms with Gasteiger partial charge in [-0.3, -0.25) is 0 Å². The van der Waals surface area contributed by atoms with E-state index in [1.807, 2.05) is 12.1 Å². The van der Waals surface area contributed by atoms with Crippen molar-refractivity contribution in [2.45, 2.75) is 6.54 Å². The summed E-state index contributed by atoms with van der Waals surface area (Å²) < 4.78 is 12.1. The van der Waals surface area contributed by atoms with E-state index in [-0.39, 0.29) is 11.6 Å². The number of hydrogen-bond acceptors (Lipinski definition) is 7. The number of methoxy groups -OCH3 is 2. The van der Waals surface area contributed by atoms with Crippen LogP contribution < -0.4 is 14.8 Å². The number of aromatic nitrogens is 2. The van der Waals surface area contributed by atoms with Gasteiger partial charge in [0.05, 0.1) is 14.2 Å². The van der Waals surface area contributed by atoms with Crippen molar-refractivity contribution in [3.05, 3.63) is 45.5 Å². The molecule has 0 aliphatic heterocycles. The molecule has 9 heteroatoms. The molecule has 0 radical (unpaired) electrons. The zero-order chi connectivity index (χ0) is 16.4. The fourth-order valence-electron chi connectivity index (χ4n) is 2.34. The van der Waals surface area contributed by atoms with E-state index in [4.69, 9.17) is 9.47 Å². The first-order valence-electron chi connectivity index (χ1n) is 6.69. The first-order chi connectivity index (χ1) is 11.2. The average molecular weight is 334 g/mol. The highest BCUT2D eigenvalue weighted by atomic mass is 32.1. The summed E-state index contributed by atoms with van der Waals surface area (Å²) in [6, 6.07) is 5.48. The highest BCUT2D eigenvalue weighted by Gasteiger charge is 2.23. The first-order valence-corrected chi connectivity index (χ1v) is 7.57. The molecule has 2 heterocycles. The lowest BCUT2D eigenvalue weighted by atomic mass is 10.2. The van der Waals surface area contributed by atoms with E-state index in [0.717, 1.165) is 5.56 Å². The summed E-state index contributed by atoms with van der Waals surface area (Å²) in [5, 5.41) is 16.1. The van der Waals surface area contributed by atoms with Crippen LogP contribution in [0.4, 0.5) is 11.6 Å². The third kappa shape index (κ3) is 2.66. The highest BCUT2D eigenvalue weighted by Crippen LogP contribution is 2.33. The van der Waals surface area contributed by atoms with Crippen molar-refractivity contribution >= 4 is 27.9 Å². The number of anilines is 1. The Morgan fingerprint density at radius 2 is 2.22 bits per heavy atom. The minimum Gasteiger partial charge on any atom is -0.493 e. The van der Waals surface area contributed by atoms with Gasteiger partial charge in [-0.25, -0.2) is 0 Å². The molecular weight excluding hydrogens is 320 g/mol. The molecule has 1 aromatic carbocycles. The first kappa shape index (κ1) is 15.1. The Morgan fingerprint density at radius 3 is 2.91 bits per heavy atom. The highest BCUT2D eigenvalue weighted by molar-refractivity contribution is 7.15. The summed E-state index contributed by atoms with van der Waals surface area (Å²) >= 11 is 1.34. The minimum atomic E-state index is -0.447. The zero-order valence-electron chi connectivity index (χ0n) is 12.5. The Hall–Kier alpha value is -2.81. The molecule has 3 aromatic rings. The largest absolute Gasteiger partial charge is 0.493 e. The van der Waals surface area contributed by atoms with Gasteiger partial charge in [0.1, 0.15) is 6.20 Å². The molecule has 8 nitrogen and oxygen atoms in total. The number of nitrogens with zero attached hydrogens (tertiary/aromatic N) is 3. The van der Waals surface area contributed by atoms with Gasteiger partial charge in [-0.1, -0.05) is 23.5 Å². The van der Waals surface area contributed by atoms with Gasteiger partial charge in [-0.2, -0.15) is 9.38 Å². The molecule has 0 bridgehead atoms. The van der Waals surface area contributed by atoms with Gasteiger partial charge in [-0.15, -0.1) is 0 Å². The third-order valence-electron chi connectivity index (χ3n) is 3.34. The predicted molar refractivity (Wildman–Crippen MR) is 86.6 cm³/mol. The molecular formula is C14H14N4O4S. The van der Waals surface area contributed by atoms with Gasteiger partial charge in [0.15, 0.2) is 11.5 Å². The SMILES string of the molecule is COc1cccc(CNc2nc3sccn3c2[N+](=O)[O-])c1OC. The number of hydrogen-bond donors (Lipinski definition) is 1. The van der Waals surface area contributed by atoms with Gasteiger partial charge in [0.2, 0.25) is 5.82 Å². The molecule has 3 rings (SSSR count). The maximum Gasteiger partial charge on any atom is 0.372 e. The van der Waals surface area contributed by atoms with Crippen LogP contribution in [0, 0.1) is 10.1 Å². The maximum atomic E-state index is 11.3. The molecule has 120 valence electrons. The van der Waals surface area contributed by atoms with Crippen molar-refractivity contribution in [1.29, 1.82) is 0 Å². The number of imidazole rings is 1. The van der Waals surface area contributed by atoms with Gasteiger partial charge in [0, 0.05) is 17.5 Å². The van der Waals surface area contributed by atoms with E-state index in [1.54, 1.807) is 31.9 Å². The van der Waals surface area contributed by atoms with Crippen LogP contribution in [0.1, 0.15) is 5.56 Å². The standard InChI is InChI=1S/C14H14N4O4S/c1-21-10-5-3-4-9(11(10)22-2)8-15-12-13(18(19)20)17-6-7-23-14(17)16-12/h3-7,15H,8H2,1-2H3. The zero-order valence-corrected chi connectivity index (χ0v) is 13.3. The minimum absolute atomic E-state index is 0.0805. The molecule has 0 aliphatic rings. The fraction of sp³-hybridized carbons (Fsp3) is 0.214. The van der Waals surface area contributed by atoms with E-state index < -0.39 is 4.92 Å². The molecule has 0 spiro atoms. The Morgan fingerprint density at radius 1 is 1.39 bits per heavy atom. The van der Waals surface area contributed by atoms with E-state index in [1.165, 1.54) is 15.7 Å². The lowest BCUT2D eigenvalue weighted by Gasteiger charge is -2.12. The second-order valence-electron chi connectivity index (χ2n) is 4.60. The number of fused-ring (bicyclic) bond motifs is 1. The van der Waals surface area contributed by atoms with Gasteiger partial charge in [0.25, 0.3) is 4.96 Å². The lowest BCUT2D eigenvalue weighted by Crippen LogP contribution is -2.05. The second kappa shape index (κ2) is 6.13. The van der Waals surface area contributed by atoms with E-state index in [9.17, 15) is 10.1 Å². The van der Waals surface area contributed by atoms with Crippen molar-refractivity contribution in [3.63, 3.8) is 0 Å². The van der Waals surface area contributed by atoms with Crippen molar-refractivity contribution in [2.75, 3.05) is 19.5 Å². The van der Waals surface area contributed by atoms with E-state index in [2.05, 4.69) is 10.3 Å². The molecule has 1 N–H and O–H groups in total. The quantitative estimate of drug-likeness (QED) is 0.550. The van der Waals surface area contributed by atoms with E-state index in [0.29, 0.717) is 23.0 Å². The van der Waals surface area contributed by atoms with Crippen molar-refractivity contribution in [1.82, 2.24) is 9.38 Å². The Kier molecular flexibility index (Phi) is 4.02. The third-order valence-corrected chi connectivity index (χ3v) is 4.10. The van der Waals surface area contributed by atoms with Crippen LogP contribution in [-0.4, -0.2) is 28.5 Å². The number of para-hydroxylation sites is 1. The normalized spacial score (nSPS) is 10.7. The molecule has 0 fully saturated rings. The number of thiazole rings is 1. The van der Waals surface area contributed by atoms with Gasteiger partial charge >= 0.3 is 5.82 Å². The van der Waals surface area contributed by atoms with Crippen LogP contribution in [0.15, 0.2) is 29.8 Å². The van der Waals surface area contributed by atoms with Crippen molar-refractivity contribution < 1.29 is 14.4 Å². The van der Waals surface area contributed by atoms with Crippen molar-refractivity contribution in [3.8, 4) is 11.5 Å². The lowest BCUT2D eigenvalue weighted by molar-refractivity contribution is -0.389. The molecule has 0 saturated heterocycles. The molecule has 2 aromatic heterocycles. The van der Waals surface area contributed by atoms with E-state index >= 15 is 0 Å². The number of nitro groups is 1. The fourth-order valence-corrected chi connectivity index (χ4v) is 3.05. The smallest absolute Gasteiger partial charge is 0.372 e. The van der Waals surface area contributed by atoms with Crippen LogP contribution in [0.3, 0.4) is 0 Å². The summed E-state index contributed by atoms with van der Waals surface area (Å²) in [5.74, 6) is 1.34. The summed E-state index contributed by atoms with van der Waals surface area (Å²) in [5.41, 5.74) is 0.817. The van der Waals surface area contributed by atoms with Gasteiger partial charge in [-0.05, 0) is 11.0 Å². The number of nitrogens with one attached hydrogen (secondary N) is 1. The number of ether oxygens (including phenoxy) is 2. The average Bonchev–Trinajstić information content (AvgIpc) is 3.12. The van der Waals surface area contributed by atoms with Gasteiger partial charge < -0.3 is 24.9 Å². The topological polar surface area (TPSA) is 90.9 Å². The molecule has 0 atom stereocenters. The molecule has 23 heavy (non-hydrogen) atoms. The maximum absolute atomic E-state index is 11.3. The Labute approximate surface area is 135 Å². The van der Waals surface area contributed by atoms with Crippen LogP contribution >= 0.6 is 11.3 Å². The number of benzene rings is 1. The summed E-state index contributed by atoms with van der Waals surface area (Å²) in [6.45, 7) is 0.325. The molecule has 0 aliphatic carbocycles. The Bertz CT molecular complexity index is 858. The molecule has 0 saturated carbocycles. The predicted octanol–water partition coefficient (Wildman–Crippen LogP) is 2.93. The molecule has 0 amide bonds. The van der Waals surface area contributed by atoms with Crippen LogP contribution in [-0.2, 0) is 6.54 Å². The summed E-state index contributed by atoms with van der Waals surface area (Å²) in [4.78, 5) is 15.7. The van der Waals surface area contributed by atoms with Crippen LogP contribution in [0.5, 0.6) is 11.5 Å². The van der Waals surface area contributed by atoms with Crippen molar-refractivity contribution in [2.24, 2.45) is 0 Å². The van der Waals surface area contributed by atoms with Crippen LogP contribution in [0.2, 0.25) is 0 Å².